The Balaban J connectivity index is 2.22. The number of piperazine rings is 1. The van der Waals surface area contributed by atoms with Gasteiger partial charge >= 0.3 is 0 Å². The highest BCUT2D eigenvalue weighted by atomic mass is 28.2. The highest BCUT2D eigenvalue weighted by Crippen LogP contribution is 2.02. The normalized spacial score (nSPS) is 23.7. The van der Waals surface area contributed by atoms with Gasteiger partial charge in [-0.1, -0.05) is 0 Å². The molecule has 1 atom stereocenters. The minimum atomic E-state index is 0.186. The van der Waals surface area contributed by atoms with Crippen molar-refractivity contribution in [1.82, 2.24) is 9.47 Å². The average molecular weight is 183 g/mol. The lowest BCUT2D eigenvalue weighted by Crippen LogP contribution is -2.46. The van der Waals surface area contributed by atoms with Crippen molar-refractivity contribution in [2.24, 2.45) is 5.92 Å². The van der Waals surface area contributed by atoms with Crippen molar-refractivity contribution in [3.63, 3.8) is 0 Å². The molecule has 0 N–H and O–H groups in total. The van der Waals surface area contributed by atoms with E-state index in [1.807, 2.05) is 6.92 Å². The van der Waals surface area contributed by atoms with Crippen molar-refractivity contribution in [2.75, 3.05) is 32.7 Å². The Hall–Kier alpha value is -0.373. The molecule has 1 rings (SSSR count). The van der Waals surface area contributed by atoms with Crippen LogP contribution in [0.25, 0.3) is 0 Å². The molecule has 1 saturated heterocycles. The number of nitriles is 1. The molecule has 0 amide bonds. The summed E-state index contributed by atoms with van der Waals surface area (Å²) in [5, 5.41) is 8.64. The van der Waals surface area contributed by atoms with E-state index in [2.05, 4.69) is 15.5 Å². The fourth-order valence-electron chi connectivity index (χ4n) is 1.46. The van der Waals surface area contributed by atoms with Crippen molar-refractivity contribution in [1.29, 1.82) is 5.26 Å². The summed E-state index contributed by atoms with van der Waals surface area (Å²) >= 11 is 0. The molecular formula is C8H17N3Si. The van der Waals surface area contributed by atoms with Crippen LogP contribution < -0.4 is 0 Å². The van der Waals surface area contributed by atoms with Gasteiger partial charge in [-0.3, -0.25) is 4.90 Å². The topological polar surface area (TPSA) is 30.3 Å². The van der Waals surface area contributed by atoms with Crippen LogP contribution in [-0.2, 0) is 0 Å². The SMILES string of the molecule is CC(C#N)CN1CCN([SiH3])CC1. The number of rotatable bonds is 2. The van der Waals surface area contributed by atoms with Crippen LogP contribution in [-0.4, -0.2) is 52.6 Å². The second kappa shape index (κ2) is 4.60. The van der Waals surface area contributed by atoms with Gasteiger partial charge in [0.2, 0.25) is 0 Å². The first-order chi connectivity index (χ1) is 5.72. The van der Waals surface area contributed by atoms with Gasteiger partial charge in [0.1, 0.15) is 0 Å². The van der Waals surface area contributed by atoms with Gasteiger partial charge in [-0.15, -0.1) is 0 Å². The fraction of sp³-hybridized carbons (Fsp3) is 0.875. The number of hydrogen-bond donors (Lipinski definition) is 0. The lowest BCUT2D eigenvalue weighted by atomic mass is 10.2. The molecule has 68 valence electrons. The molecule has 0 bridgehead atoms. The largest absolute Gasteiger partial charge is 0.330 e. The van der Waals surface area contributed by atoms with Gasteiger partial charge in [-0.05, 0) is 6.92 Å². The van der Waals surface area contributed by atoms with Crippen molar-refractivity contribution < 1.29 is 0 Å². The van der Waals surface area contributed by atoms with Gasteiger partial charge in [0, 0.05) is 32.7 Å². The molecule has 0 aromatic carbocycles. The molecule has 0 aliphatic carbocycles. The molecule has 1 aliphatic rings. The smallest absolute Gasteiger partial charge is 0.0785 e. The molecular weight excluding hydrogens is 166 g/mol. The maximum atomic E-state index is 8.64. The Labute approximate surface area is 77.5 Å². The summed E-state index contributed by atoms with van der Waals surface area (Å²) in [5.41, 5.74) is 0. The molecule has 1 fully saturated rings. The Bertz CT molecular complexity index is 170. The van der Waals surface area contributed by atoms with E-state index in [-0.39, 0.29) is 5.92 Å². The molecule has 0 saturated carbocycles. The van der Waals surface area contributed by atoms with Gasteiger partial charge in [0.25, 0.3) is 0 Å². The standard InChI is InChI=1S/C8H17N3Si/c1-8(6-9)7-10-2-4-11(12)5-3-10/h8H,2-5,7H2,1,12H3. The molecule has 12 heavy (non-hydrogen) atoms. The predicted molar refractivity (Wildman–Crippen MR) is 52.7 cm³/mol. The summed E-state index contributed by atoms with van der Waals surface area (Å²) in [6.45, 7) is 7.64. The lowest BCUT2D eigenvalue weighted by molar-refractivity contribution is 0.181. The molecule has 4 heteroatoms. The Morgan fingerprint density at radius 3 is 2.50 bits per heavy atom. The van der Waals surface area contributed by atoms with Gasteiger partial charge < -0.3 is 4.57 Å². The average Bonchev–Trinajstić information content (AvgIpc) is 2.09. The first kappa shape index (κ1) is 9.71. The van der Waals surface area contributed by atoms with E-state index in [0.29, 0.717) is 0 Å². The van der Waals surface area contributed by atoms with Crippen LogP contribution in [0.1, 0.15) is 6.92 Å². The van der Waals surface area contributed by atoms with Crippen LogP contribution in [0.4, 0.5) is 0 Å². The van der Waals surface area contributed by atoms with E-state index >= 15 is 0 Å². The van der Waals surface area contributed by atoms with Crippen molar-refractivity contribution in [2.45, 2.75) is 6.92 Å². The van der Waals surface area contributed by atoms with E-state index in [4.69, 9.17) is 5.26 Å². The maximum absolute atomic E-state index is 8.64. The third-order valence-corrected chi connectivity index (χ3v) is 3.24. The van der Waals surface area contributed by atoms with E-state index in [9.17, 15) is 0 Å². The minimum Gasteiger partial charge on any atom is -0.330 e. The van der Waals surface area contributed by atoms with E-state index in [1.54, 1.807) is 0 Å². The van der Waals surface area contributed by atoms with Crippen LogP contribution >= 0.6 is 0 Å². The van der Waals surface area contributed by atoms with Crippen LogP contribution in [0.5, 0.6) is 0 Å². The van der Waals surface area contributed by atoms with Crippen LogP contribution in [0.3, 0.4) is 0 Å². The summed E-state index contributed by atoms with van der Waals surface area (Å²) in [5.74, 6) is 0.186. The maximum Gasteiger partial charge on any atom is 0.0785 e. The highest BCUT2D eigenvalue weighted by Gasteiger charge is 2.14. The van der Waals surface area contributed by atoms with Crippen molar-refractivity contribution in [3.05, 3.63) is 0 Å². The van der Waals surface area contributed by atoms with Gasteiger partial charge in [0.05, 0.1) is 22.4 Å². The summed E-state index contributed by atoms with van der Waals surface area (Å²) in [4.78, 5) is 2.39. The van der Waals surface area contributed by atoms with Gasteiger partial charge in [0.15, 0.2) is 0 Å². The first-order valence-corrected chi connectivity index (χ1v) is 5.42. The number of hydrogen-bond acceptors (Lipinski definition) is 3. The van der Waals surface area contributed by atoms with Crippen LogP contribution in [0, 0.1) is 17.2 Å². The van der Waals surface area contributed by atoms with E-state index < -0.39 is 0 Å². The highest BCUT2D eigenvalue weighted by molar-refractivity contribution is 6.04. The van der Waals surface area contributed by atoms with Crippen molar-refractivity contribution >= 4 is 10.4 Å². The Morgan fingerprint density at radius 2 is 2.00 bits per heavy atom. The van der Waals surface area contributed by atoms with Crippen molar-refractivity contribution in [3.8, 4) is 6.07 Å². The molecule has 1 unspecified atom stereocenters. The second-order valence-corrected chi connectivity index (χ2v) is 4.90. The van der Waals surface area contributed by atoms with Gasteiger partial charge in [-0.25, -0.2) is 0 Å². The fourth-order valence-corrected chi connectivity index (χ4v) is 1.86. The molecule has 1 aliphatic heterocycles. The second-order valence-electron chi connectivity index (χ2n) is 3.63. The lowest BCUT2D eigenvalue weighted by Gasteiger charge is -2.33. The van der Waals surface area contributed by atoms with Gasteiger partial charge in [-0.2, -0.15) is 5.26 Å². The molecule has 0 radical (unpaired) electrons. The summed E-state index contributed by atoms with van der Waals surface area (Å²) < 4.78 is 2.47. The van der Waals surface area contributed by atoms with Crippen LogP contribution in [0.15, 0.2) is 0 Å². The molecule has 0 aromatic rings. The molecule has 0 aromatic heterocycles. The zero-order valence-electron chi connectivity index (χ0n) is 7.95. The summed E-state index contributed by atoms with van der Waals surface area (Å²) in [6.07, 6.45) is 0. The molecule has 0 spiro atoms. The third-order valence-electron chi connectivity index (χ3n) is 2.35. The molecule has 3 nitrogen and oxygen atoms in total. The summed E-state index contributed by atoms with van der Waals surface area (Å²) in [7, 11) is 1.18. The first-order valence-electron chi connectivity index (χ1n) is 4.53. The monoisotopic (exact) mass is 183 g/mol. The zero-order valence-corrected chi connectivity index (χ0v) is 9.95. The van der Waals surface area contributed by atoms with E-state index in [1.165, 1.54) is 23.5 Å². The zero-order chi connectivity index (χ0) is 8.97. The van der Waals surface area contributed by atoms with Crippen LogP contribution in [0.2, 0.25) is 0 Å². The Kier molecular flexibility index (Phi) is 3.73. The Morgan fingerprint density at radius 1 is 1.42 bits per heavy atom. The summed E-state index contributed by atoms with van der Waals surface area (Å²) in [6, 6.07) is 2.28. The predicted octanol–water partition coefficient (Wildman–Crippen LogP) is -0.956. The minimum absolute atomic E-state index is 0.186. The van der Waals surface area contributed by atoms with E-state index in [0.717, 1.165) is 19.6 Å². The quantitative estimate of drug-likeness (QED) is 0.517. The number of nitrogens with zero attached hydrogens (tertiary/aromatic N) is 3. The third kappa shape index (κ3) is 2.93. The molecule has 1 heterocycles.